The van der Waals surface area contributed by atoms with Crippen LogP contribution in [-0.2, 0) is 4.74 Å². The van der Waals surface area contributed by atoms with Crippen molar-refractivity contribution in [1.29, 1.82) is 0 Å². The summed E-state index contributed by atoms with van der Waals surface area (Å²) >= 11 is 0. The Hall–Kier alpha value is -0.520. The predicted octanol–water partition coefficient (Wildman–Crippen LogP) is 1.80. The molecular weight excluding hydrogens is 174 g/mol. The van der Waals surface area contributed by atoms with E-state index >= 15 is 0 Å². The van der Waals surface area contributed by atoms with Crippen LogP contribution in [0.1, 0.15) is 33.1 Å². The van der Waals surface area contributed by atoms with Crippen molar-refractivity contribution in [3.8, 4) is 12.3 Å². The third-order valence-electron chi connectivity index (χ3n) is 2.91. The molecule has 1 N–H and O–H groups in total. The number of terminal acetylenes is 1. The largest absolute Gasteiger partial charge is 0.376 e. The molecular formula is C12H21NO. The molecule has 2 nitrogen and oxygen atoms in total. The summed E-state index contributed by atoms with van der Waals surface area (Å²) < 4.78 is 5.75. The van der Waals surface area contributed by atoms with Crippen LogP contribution in [0.3, 0.4) is 0 Å². The number of ether oxygens (including phenoxy) is 1. The van der Waals surface area contributed by atoms with E-state index < -0.39 is 0 Å². The molecule has 0 bridgehead atoms. The minimum absolute atomic E-state index is 0.364. The second kappa shape index (κ2) is 6.06. The predicted molar refractivity (Wildman–Crippen MR) is 59.1 cm³/mol. The highest BCUT2D eigenvalue weighted by atomic mass is 16.5. The highest BCUT2D eigenvalue weighted by Crippen LogP contribution is 2.24. The second-order valence-corrected chi connectivity index (χ2v) is 4.01. The van der Waals surface area contributed by atoms with Crippen LogP contribution in [0.2, 0.25) is 0 Å². The van der Waals surface area contributed by atoms with Crippen LogP contribution in [0.15, 0.2) is 0 Å². The Labute approximate surface area is 87.4 Å². The lowest BCUT2D eigenvalue weighted by Crippen LogP contribution is -2.42. The molecule has 14 heavy (non-hydrogen) atoms. The summed E-state index contributed by atoms with van der Waals surface area (Å²) in [5.74, 6) is 3.36. The number of rotatable bonds is 5. The van der Waals surface area contributed by atoms with Gasteiger partial charge in [-0.2, -0.15) is 0 Å². The van der Waals surface area contributed by atoms with Crippen molar-refractivity contribution in [2.24, 2.45) is 5.92 Å². The normalized spacial score (nSPS) is 28.6. The fourth-order valence-corrected chi connectivity index (χ4v) is 2.11. The number of nitrogens with one attached hydrogen (secondary N) is 1. The lowest BCUT2D eigenvalue weighted by molar-refractivity contribution is 0.0592. The first-order valence-corrected chi connectivity index (χ1v) is 5.58. The van der Waals surface area contributed by atoms with E-state index in [0.29, 0.717) is 18.1 Å². The van der Waals surface area contributed by atoms with Gasteiger partial charge in [0, 0.05) is 19.1 Å². The van der Waals surface area contributed by atoms with E-state index in [9.17, 15) is 0 Å². The number of hydrogen-bond donors (Lipinski definition) is 1. The molecule has 3 unspecified atom stereocenters. The molecule has 0 saturated carbocycles. The zero-order chi connectivity index (χ0) is 10.4. The van der Waals surface area contributed by atoms with E-state index in [0.717, 1.165) is 26.0 Å². The maximum Gasteiger partial charge on any atom is 0.0754 e. The third kappa shape index (κ3) is 3.01. The van der Waals surface area contributed by atoms with E-state index in [-0.39, 0.29) is 0 Å². The molecule has 1 heterocycles. The molecule has 0 aliphatic carbocycles. The van der Waals surface area contributed by atoms with Crippen molar-refractivity contribution in [3.05, 3.63) is 0 Å². The van der Waals surface area contributed by atoms with E-state index in [1.807, 2.05) is 0 Å². The highest BCUT2D eigenvalue weighted by Gasteiger charge is 2.30. The molecule has 1 fully saturated rings. The quantitative estimate of drug-likeness (QED) is 0.675. The van der Waals surface area contributed by atoms with E-state index in [4.69, 9.17) is 11.2 Å². The molecule has 2 heteroatoms. The van der Waals surface area contributed by atoms with Gasteiger partial charge in [0.15, 0.2) is 0 Å². The Bertz CT molecular complexity index is 197. The SMILES string of the molecule is C#CCCC(NCC)C1OCCC1C. The Morgan fingerprint density at radius 2 is 2.43 bits per heavy atom. The molecule has 1 rings (SSSR count). The lowest BCUT2D eigenvalue weighted by Gasteiger charge is -2.26. The molecule has 3 atom stereocenters. The first kappa shape index (κ1) is 11.6. The average Bonchev–Trinajstić information content (AvgIpc) is 2.59. The summed E-state index contributed by atoms with van der Waals surface area (Å²) in [4.78, 5) is 0. The Kier molecular flexibility index (Phi) is 5.00. The Balaban J connectivity index is 2.44. The van der Waals surface area contributed by atoms with Gasteiger partial charge in [0.2, 0.25) is 0 Å². The molecule has 0 spiro atoms. The van der Waals surface area contributed by atoms with Gasteiger partial charge in [0.05, 0.1) is 6.10 Å². The van der Waals surface area contributed by atoms with Crippen LogP contribution in [0, 0.1) is 18.3 Å². The second-order valence-electron chi connectivity index (χ2n) is 4.01. The average molecular weight is 195 g/mol. The molecule has 0 amide bonds. The summed E-state index contributed by atoms with van der Waals surface area (Å²) in [6.07, 6.45) is 8.70. The highest BCUT2D eigenvalue weighted by molar-refractivity contribution is 4.90. The molecule has 0 aromatic rings. The summed E-state index contributed by atoms with van der Waals surface area (Å²) in [5, 5.41) is 3.47. The molecule has 0 aromatic heterocycles. The van der Waals surface area contributed by atoms with E-state index in [2.05, 4.69) is 25.1 Å². The van der Waals surface area contributed by atoms with Gasteiger partial charge >= 0.3 is 0 Å². The topological polar surface area (TPSA) is 21.3 Å². The standard InChI is InChI=1S/C12H21NO/c1-4-6-7-11(13-5-2)12-10(3)8-9-14-12/h1,10-13H,5-9H2,2-3H3. The summed E-state index contributed by atoms with van der Waals surface area (Å²) in [5.41, 5.74) is 0. The van der Waals surface area contributed by atoms with Crippen molar-refractivity contribution >= 4 is 0 Å². The van der Waals surface area contributed by atoms with Gasteiger partial charge in [-0.1, -0.05) is 13.8 Å². The summed E-state index contributed by atoms with van der Waals surface area (Å²) in [7, 11) is 0. The van der Waals surface area contributed by atoms with Crippen LogP contribution < -0.4 is 5.32 Å². The van der Waals surface area contributed by atoms with Crippen molar-refractivity contribution in [2.75, 3.05) is 13.2 Å². The Morgan fingerprint density at radius 3 is 2.93 bits per heavy atom. The first-order valence-electron chi connectivity index (χ1n) is 5.58. The van der Waals surface area contributed by atoms with Crippen LogP contribution in [-0.4, -0.2) is 25.3 Å². The van der Waals surface area contributed by atoms with Crippen LogP contribution >= 0.6 is 0 Å². The smallest absolute Gasteiger partial charge is 0.0754 e. The third-order valence-corrected chi connectivity index (χ3v) is 2.91. The minimum Gasteiger partial charge on any atom is -0.376 e. The van der Waals surface area contributed by atoms with Crippen molar-refractivity contribution < 1.29 is 4.74 Å². The van der Waals surface area contributed by atoms with Crippen LogP contribution in [0.5, 0.6) is 0 Å². The molecule has 0 aromatic carbocycles. The minimum atomic E-state index is 0.364. The monoisotopic (exact) mass is 195 g/mol. The lowest BCUT2D eigenvalue weighted by atomic mass is 9.94. The maximum absolute atomic E-state index is 5.75. The number of hydrogen-bond acceptors (Lipinski definition) is 2. The van der Waals surface area contributed by atoms with Gasteiger partial charge in [-0.05, 0) is 25.3 Å². The fourth-order valence-electron chi connectivity index (χ4n) is 2.11. The van der Waals surface area contributed by atoms with Crippen molar-refractivity contribution in [1.82, 2.24) is 5.32 Å². The fraction of sp³-hybridized carbons (Fsp3) is 0.833. The molecule has 1 saturated heterocycles. The van der Waals surface area contributed by atoms with Gasteiger partial charge in [-0.3, -0.25) is 0 Å². The maximum atomic E-state index is 5.75. The molecule has 1 aliphatic rings. The number of likely N-dealkylation sites (N-methyl/N-ethyl adjacent to an activating group) is 1. The zero-order valence-electron chi connectivity index (χ0n) is 9.25. The van der Waals surface area contributed by atoms with Gasteiger partial charge < -0.3 is 10.1 Å². The van der Waals surface area contributed by atoms with Gasteiger partial charge in [0.25, 0.3) is 0 Å². The zero-order valence-corrected chi connectivity index (χ0v) is 9.25. The Morgan fingerprint density at radius 1 is 1.64 bits per heavy atom. The van der Waals surface area contributed by atoms with Gasteiger partial charge in [-0.15, -0.1) is 12.3 Å². The summed E-state index contributed by atoms with van der Waals surface area (Å²) in [6, 6.07) is 0.438. The van der Waals surface area contributed by atoms with Crippen molar-refractivity contribution in [3.63, 3.8) is 0 Å². The van der Waals surface area contributed by atoms with E-state index in [1.54, 1.807) is 0 Å². The van der Waals surface area contributed by atoms with Crippen LogP contribution in [0.4, 0.5) is 0 Å². The van der Waals surface area contributed by atoms with Gasteiger partial charge in [0.1, 0.15) is 0 Å². The molecule has 1 aliphatic heterocycles. The summed E-state index contributed by atoms with van der Waals surface area (Å²) in [6.45, 7) is 6.28. The van der Waals surface area contributed by atoms with Gasteiger partial charge in [-0.25, -0.2) is 0 Å². The van der Waals surface area contributed by atoms with E-state index in [1.165, 1.54) is 6.42 Å². The first-order chi connectivity index (χ1) is 6.79. The van der Waals surface area contributed by atoms with Crippen molar-refractivity contribution in [2.45, 2.75) is 45.3 Å². The molecule has 80 valence electrons. The molecule has 0 radical (unpaired) electrons. The van der Waals surface area contributed by atoms with Crippen LogP contribution in [0.25, 0.3) is 0 Å².